The molecule has 4 heterocycles. The standard InChI is InChI=1S/C27H36N8/c1-6-7-15-34-25-19(3)35(17-24-29-18(2)22-12-8-9-13-23(22)30-24)20(4)32(5)26(25)31-27(34)33-14-10-11-21(28)16-33/h12-13,21,25-26H,3-4,8-11,14-17,28H2,1-2,5H3. The summed E-state index contributed by atoms with van der Waals surface area (Å²) in [4.78, 5) is 23.8. The number of likely N-dealkylation sites (tertiary alicyclic amines) is 1. The molecule has 0 amide bonds. The first-order chi connectivity index (χ1) is 16.9. The van der Waals surface area contributed by atoms with Crippen LogP contribution in [0.25, 0.3) is 12.2 Å². The van der Waals surface area contributed by atoms with Crippen LogP contribution in [0.2, 0.25) is 0 Å². The number of aromatic nitrogens is 2. The monoisotopic (exact) mass is 472 g/mol. The predicted molar refractivity (Wildman–Crippen MR) is 140 cm³/mol. The maximum atomic E-state index is 6.32. The van der Waals surface area contributed by atoms with Crippen molar-refractivity contribution in [3.05, 3.63) is 46.8 Å². The first-order valence-electron chi connectivity index (χ1n) is 12.6. The van der Waals surface area contributed by atoms with E-state index in [4.69, 9.17) is 20.7 Å². The van der Waals surface area contributed by atoms with Crippen molar-refractivity contribution in [2.75, 3.05) is 26.7 Å². The molecule has 5 rings (SSSR count). The zero-order chi connectivity index (χ0) is 24.7. The quantitative estimate of drug-likeness (QED) is 0.649. The van der Waals surface area contributed by atoms with Gasteiger partial charge in [0.2, 0.25) is 0 Å². The summed E-state index contributed by atoms with van der Waals surface area (Å²) in [6, 6.07) is 0.122. The summed E-state index contributed by atoms with van der Waals surface area (Å²) >= 11 is 0. The number of piperidine rings is 1. The number of guanidine groups is 1. The fourth-order valence-corrected chi connectivity index (χ4v) is 5.58. The maximum Gasteiger partial charge on any atom is 0.200 e. The zero-order valence-electron chi connectivity index (χ0n) is 21.2. The Kier molecular flexibility index (Phi) is 6.28. The van der Waals surface area contributed by atoms with E-state index in [1.54, 1.807) is 0 Å². The number of aliphatic imine (C=N–C) groups is 1. The van der Waals surface area contributed by atoms with E-state index in [0.717, 1.165) is 78.3 Å². The summed E-state index contributed by atoms with van der Waals surface area (Å²) in [6.07, 6.45) is 8.53. The summed E-state index contributed by atoms with van der Waals surface area (Å²) in [5.74, 6) is 8.91. The number of nitrogens with two attached hydrogens (primary N) is 1. The molecule has 1 aliphatic carbocycles. The number of nitrogens with zero attached hydrogens (tertiary/aromatic N) is 7. The van der Waals surface area contributed by atoms with Crippen LogP contribution in [0.3, 0.4) is 0 Å². The van der Waals surface area contributed by atoms with E-state index in [-0.39, 0.29) is 18.2 Å². The van der Waals surface area contributed by atoms with Gasteiger partial charge in [-0.05, 0) is 39.5 Å². The maximum absolute atomic E-state index is 6.32. The van der Waals surface area contributed by atoms with E-state index in [1.807, 2.05) is 6.92 Å². The molecule has 3 unspecified atom stereocenters. The number of hydrogen-bond donors (Lipinski definition) is 1. The number of fused-ring (bicyclic) bond motifs is 2. The molecule has 0 radical (unpaired) electrons. The van der Waals surface area contributed by atoms with Crippen LogP contribution in [-0.2, 0) is 6.54 Å². The number of hydrogen-bond acceptors (Lipinski definition) is 8. The third-order valence-corrected chi connectivity index (χ3v) is 7.46. The molecule has 0 aromatic carbocycles. The molecule has 2 saturated heterocycles. The van der Waals surface area contributed by atoms with Crippen molar-refractivity contribution < 1.29 is 0 Å². The number of rotatable bonds is 3. The highest BCUT2D eigenvalue weighted by molar-refractivity contribution is 5.84. The molecule has 8 nitrogen and oxygen atoms in total. The smallest absolute Gasteiger partial charge is 0.200 e. The van der Waals surface area contributed by atoms with Crippen LogP contribution in [0, 0.1) is 18.8 Å². The van der Waals surface area contributed by atoms with Gasteiger partial charge in [-0.3, -0.25) is 0 Å². The highest BCUT2D eigenvalue weighted by atomic mass is 15.5. The van der Waals surface area contributed by atoms with Gasteiger partial charge in [0, 0.05) is 42.8 Å². The number of likely N-dealkylation sites (N-methyl/N-ethyl adjacent to an activating group) is 1. The van der Waals surface area contributed by atoms with Crippen LogP contribution in [0.5, 0.6) is 0 Å². The summed E-state index contributed by atoms with van der Waals surface area (Å²) in [7, 11) is 2.05. The third-order valence-electron chi connectivity index (χ3n) is 7.46. The summed E-state index contributed by atoms with van der Waals surface area (Å²) in [5.41, 5.74) is 8.29. The van der Waals surface area contributed by atoms with Gasteiger partial charge in [-0.15, -0.1) is 5.92 Å². The van der Waals surface area contributed by atoms with Crippen LogP contribution in [0.4, 0.5) is 0 Å². The molecule has 1 aromatic heterocycles. The second-order valence-electron chi connectivity index (χ2n) is 9.80. The van der Waals surface area contributed by atoms with Gasteiger partial charge in [-0.2, -0.15) is 0 Å². The molecule has 2 fully saturated rings. The first kappa shape index (κ1) is 23.4. The molecule has 3 atom stereocenters. The minimum absolute atomic E-state index is 0.0434. The lowest BCUT2D eigenvalue weighted by Gasteiger charge is -2.47. The Labute approximate surface area is 208 Å². The summed E-state index contributed by atoms with van der Waals surface area (Å²) < 4.78 is 0. The Morgan fingerprint density at radius 3 is 2.77 bits per heavy atom. The molecule has 35 heavy (non-hydrogen) atoms. The van der Waals surface area contributed by atoms with Crippen LogP contribution in [0.15, 0.2) is 29.7 Å². The molecule has 0 spiro atoms. The van der Waals surface area contributed by atoms with E-state index >= 15 is 0 Å². The Morgan fingerprint density at radius 2 is 2.00 bits per heavy atom. The largest absolute Gasteiger partial charge is 0.341 e. The van der Waals surface area contributed by atoms with Crippen molar-refractivity contribution in [1.29, 1.82) is 0 Å². The highest BCUT2D eigenvalue weighted by Gasteiger charge is 2.48. The van der Waals surface area contributed by atoms with Crippen molar-refractivity contribution in [3.8, 4) is 11.8 Å². The van der Waals surface area contributed by atoms with Gasteiger partial charge in [0.1, 0.15) is 17.7 Å². The molecular formula is C27H36N8. The van der Waals surface area contributed by atoms with Crippen LogP contribution < -0.4 is 16.3 Å². The SMILES string of the molecule is C=C1C2C(N=C(N3CCCC(N)C3)N2CC#CC)N(C)C(=C)N1Cc1nc(C)c2c(n1)=CCCC=2. The lowest BCUT2D eigenvalue weighted by molar-refractivity contribution is 0.112. The van der Waals surface area contributed by atoms with E-state index in [9.17, 15) is 0 Å². The van der Waals surface area contributed by atoms with Gasteiger partial charge in [-0.25, -0.2) is 15.0 Å². The topological polar surface area (TPSA) is 77.1 Å². The summed E-state index contributed by atoms with van der Waals surface area (Å²) in [5, 5.41) is 2.19. The highest BCUT2D eigenvalue weighted by Crippen LogP contribution is 2.37. The van der Waals surface area contributed by atoms with Gasteiger partial charge in [-0.1, -0.05) is 31.2 Å². The van der Waals surface area contributed by atoms with E-state index < -0.39 is 0 Å². The Morgan fingerprint density at radius 1 is 1.20 bits per heavy atom. The molecule has 8 heteroatoms. The lowest BCUT2D eigenvalue weighted by atomic mass is 10.0. The Hall–Kier alpha value is -3.31. The molecule has 184 valence electrons. The van der Waals surface area contributed by atoms with Gasteiger partial charge in [0.15, 0.2) is 12.1 Å². The van der Waals surface area contributed by atoms with Crippen LogP contribution in [-0.4, -0.2) is 80.5 Å². The molecule has 0 saturated carbocycles. The average molecular weight is 473 g/mol. The van der Waals surface area contributed by atoms with Crippen molar-refractivity contribution >= 4 is 18.1 Å². The van der Waals surface area contributed by atoms with Crippen molar-refractivity contribution in [2.24, 2.45) is 10.7 Å². The molecule has 4 aliphatic rings. The summed E-state index contributed by atoms with van der Waals surface area (Å²) in [6.45, 7) is 15.8. The van der Waals surface area contributed by atoms with Gasteiger partial charge >= 0.3 is 0 Å². The lowest BCUT2D eigenvalue weighted by Crippen LogP contribution is -2.58. The fraction of sp³-hybridized carbons (Fsp3) is 0.519. The minimum Gasteiger partial charge on any atom is -0.341 e. The minimum atomic E-state index is -0.104. The molecular weight excluding hydrogens is 436 g/mol. The number of aryl methyl sites for hydroxylation is 1. The van der Waals surface area contributed by atoms with E-state index in [1.165, 1.54) is 0 Å². The zero-order valence-corrected chi connectivity index (χ0v) is 21.2. The second kappa shape index (κ2) is 9.38. The van der Waals surface area contributed by atoms with Gasteiger partial charge < -0.3 is 25.3 Å². The van der Waals surface area contributed by atoms with Crippen LogP contribution >= 0.6 is 0 Å². The first-order valence-corrected chi connectivity index (χ1v) is 12.6. The normalized spacial score (nSPS) is 25.8. The van der Waals surface area contributed by atoms with Crippen molar-refractivity contribution in [2.45, 2.75) is 64.3 Å². The van der Waals surface area contributed by atoms with E-state index in [2.05, 4.69) is 70.7 Å². The average Bonchev–Trinajstić information content (AvgIpc) is 3.24. The fourth-order valence-electron chi connectivity index (χ4n) is 5.58. The molecule has 0 bridgehead atoms. The Balaban J connectivity index is 1.46. The van der Waals surface area contributed by atoms with E-state index in [0.29, 0.717) is 13.1 Å². The molecule has 3 aliphatic heterocycles. The third kappa shape index (κ3) is 4.19. The molecule has 1 aromatic rings. The van der Waals surface area contributed by atoms with Gasteiger partial charge in [0.25, 0.3) is 0 Å². The second-order valence-corrected chi connectivity index (χ2v) is 9.80. The van der Waals surface area contributed by atoms with Crippen molar-refractivity contribution in [3.63, 3.8) is 0 Å². The molecule has 2 N–H and O–H groups in total. The van der Waals surface area contributed by atoms with Gasteiger partial charge in [0.05, 0.1) is 18.4 Å². The Bertz CT molecular complexity index is 1250. The van der Waals surface area contributed by atoms with Crippen LogP contribution in [0.1, 0.15) is 44.1 Å². The predicted octanol–water partition coefficient (Wildman–Crippen LogP) is 0.685. The van der Waals surface area contributed by atoms with Crippen molar-refractivity contribution in [1.82, 2.24) is 29.6 Å².